The second-order valence-electron chi connectivity index (χ2n) is 7.29. The van der Waals surface area contributed by atoms with Gasteiger partial charge in [0.25, 0.3) is 0 Å². The molecule has 2 aromatic rings. The summed E-state index contributed by atoms with van der Waals surface area (Å²) in [6.07, 6.45) is 10.9. The Balaban J connectivity index is 1.54. The molecule has 24 heavy (non-hydrogen) atoms. The van der Waals surface area contributed by atoms with Gasteiger partial charge in [-0.1, -0.05) is 0 Å². The minimum atomic E-state index is -0.666. The van der Waals surface area contributed by atoms with Gasteiger partial charge in [0.2, 0.25) is 0 Å². The average Bonchev–Trinajstić information content (AvgIpc) is 3.21. The molecule has 0 saturated carbocycles. The van der Waals surface area contributed by atoms with E-state index in [1.807, 2.05) is 0 Å². The third-order valence-corrected chi connectivity index (χ3v) is 8.77. The molecule has 2 aliphatic carbocycles. The van der Waals surface area contributed by atoms with Gasteiger partial charge in [0.15, 0.2) is 0 Å². The molecule has 0 amide bonds. The zero-order valence-electron chi connectivity index (χ0n) is 13.9. The Bertz CT molecular complexity index is 804. The SMILES string of the molecule is C1=CC(C(C[CH]=[Ti]2[CH2][CH2]2)C2C=Cc3ccccc32)c2ccccc21. The van der Waals surface area contributed by atoms with Gasteiger partial charge < -0.3 is 0 Å². The van der Waals surface area contributed by atoms with Crippen LogP contribution in [0, 0.1) is 5.92 Å². The number of benzene rings is 2. The van der Waals surface area contributed by atoms with Gasteiger partial charge in [-0.2, -0.15) is 0 Å². The first-order valence-electron chi connectivity index (χ1n) is 9.12. The maximum atomic E-state index is 2.77. The molecular weight excluding hydrogens is 324 g/mol. The molecular formula is C23H22Ti. The maximum absolute atomic E-state index is 2.77. The van der Waals surface area contributed by atoms with Crippen LogP contribution in [0.3, 0.4) is 0 Å². The molecule has 1 heteroatoms. The normalized spacial score (nSPS) is 23.9. The van der Waals surface area contributed by atoms with Crippen LogP contribution in [-0.2, 0) is 17.4 Å². The zero-order chi connectivity index (χ0) is 15.9. The predicted octanol–water partition coefficient (Wildman–Crippen LogP) is 5.88. The van der Waals surface area contributed by atoms with Crippen molar-refractivity contribution in [1.82, 2.24) is 0 Å². The Labute approximate surface area is 150 Å². The number of hydrogen-bond acceptors (Lipinski definition) is 0. The molecule has 2 unspecified atom stereocenters. The van der Waals surface area contributed by atoms with Gasteiger partial charge in [0.1, 0.15) is 0 Å². The van der Waals surface area contributed by atoms with Crippen molar-refractivity contribution in [2.24, 2.45) is 5.92 Å². The molecule has 2 aromatic carbocycles. The summed E-state index contributed by atoms with van der Waals surface area (Å²) in [5.74, 6) is 1.80. The van der Waals surface area contributed by atoms with Crippen molar-refractivity contribution < 1.29 is 17.4 Å². The fourth-order valence-electron chi connectivity index (χ4n) is 4.40. The summed E-state index contributed by atoms with van der Waals surface area (Å²) in [5.41, 5.74) is 5.92. The van der Waals surface area contributed by atoms with E-state index >= 15 is 0 Å². The molecule has 118 valence electrons. The van der Waals surface area contributed by atoms with E-state index in [0.29, 0.717) is 17.8 Å². The molecule has 1 fully saturated rings. The van der Waals surface area contributed by atoms with Crippen molar-refractivity contribution in [2.75, 3.05) is 0 Å². The third-order valence-electron chi connectivity index (χ3n) is 5.82. The molecule has 0 aromatic heterocycles. The first kappa shape index (κ1) is 14.8. The number of hydrogen-bond donors (Lipinski definition) is 0. The van der Waals surface area contributed by atoms with E-state index in [-0.39, 0.29) is 0 Å². The number of allylic oxidation sites excluding steroid dienone is 2. The van der Waals surface area contributed by atoms with Crippen LogP contribution in [0.4, 0.5) is 0 Å². The van der Waals surface area contributed by atoms with Crippen LogP contribution >= 0.6 is 0 Å². The fraction of sp³-hybridized carbons (Fsp3) is 0.261. The van der Waals surface area contributed by atoms with Crippen LogP contribution in [-0.4, -0.2) is 4.31 Å². The summed E-state index contributed by atoms with van der Waals surface area (Å²) in [7, 11) is 0. The van der Waals surface area contributed by atoms with Crippen LogP contribution in [0.1, 0.15) is 40.5 Å². The fourth-order valence-corrected chi connectivity index (χ4v) is 7.13. The predicted molar refractivity (Wildman–Crippen MR) is 100 cm³/mol. The van der Waals surface area contributed by atoms with E-state index in [1.165, 1.54) is 28.7 Å². The van der Waals surface area contributed by atoms with E-state index in [9.17, 15) is 0 Å². The van der Waals surface area contributed by atoms with Crippen molar-refractivity contribution >= 4 is 16.5 Å². The standard InChI is InChI=1S/C21H18.C2H4.Ti/c1-2-17(20-13-11-15-7-3-5-9-18(15)20)21-14-12-16-8-4-6-10-19(16)21;1-2;/h1,3-14,17,20-21H,2H2;1-2H2;. The zero-order valence-corrected chi connectivity index (χ0v) is 15.4. The third kappa shape index (κ3) is 2.63. The second-order valence-corrected chi connectivity index (χ2v) is 11.5. The van der Waals surface area contributed by atoms with Crippen LogP contribution in [0.5, 0.6) is 0 Å². The second kappa shape index (κ2) is 6.10. The Kier molecular flexibility index (Phi) is 3.76. The first-order valence-corrected chi connectivity index (χ1v) is 12.2. The van der Waals surface area contributed by atoms with Crippen molar-refractivity contribution in [3.05, 3.63) is 82.9 Å². The van der Waals surface area contributed by atoms with E-state index in [0.717, 1.165) is 0 Å². The number of fused-ring (bicyclic) bond motifs is 2. The van der Waals surface area contributed by atoms with Gasteiger partial charge >= 0.3 is 150 Å². The van der Waals surface area contributed by atoms with Gasteiger partial charge in [-0.25, -0.2) is 0 Å². The van der Waals surface area contributed by atoms with E-state index < -0.39 is 17.4 Å². The summed E-state index contributed by atoms with van der Waals surface area (Å²) in [6.45, 7) is 0. The van der Waals surface area contributed by atoms with Gasteiger partial charge in [0, 0.05) is 0 Å². The van der Waals surface area contributed by atoms with Gasteiger partial charge in [-0.3, -0.25) is 0 Å². The first-order chi connectivity index (χ1) is 11.9. The Morgan fingerprint density at radius 1 is 0.833 bits per heavy atom. The molecule has 0 radical (unpaired) electrons. The van der Waals surface area contributed by atoms with Crippen molar-refractivity contribution in [1.29, 1.82) is 0 Å². The summed E-state index contributed by atoms with van der Waals surface area (Å²) in [4.78, 5) is 0. The van der Waals surface area contributed by atoms with Crippen LogP contribution < -0.4 is 0 Å². The Morgan fingerprint density at radius 2 is 1.38 bits per heavy atom. The molecule has 0 N–H and O–H groups in total. The van der Waals surface area contributed by atoms with Gasteiger partial charge in [-0.15, -0.1) is 0 Å². The molecule has 5 rings (SSSR count). The summed E-state index contributed by atoms with van der Waals surface area (Å²) in [5, 5.41) is 0. The van der Waals surface area contributed by atoms with E-state index in [2.05, 4.69) is 77.1 Å². The quantitative estimate of drug-likeness (QED) is 0.606. The monoisotopic (exact) mass is 346 g/mol. The topological polar surface area (TPSA) is 0 Å². The molecule has 1 heterocycles. The van der Waals surface area contributed by atoms with Gasteiger partial charge in [-0.05, 0) is 0 Å². The van der Waals surface area contributed by atoms with Crippen molar-refractivity contribution in [2.45, 2.75) is 27.7 Å². The molecule has 3 aliphatic rings. The average molecular weight is 346 g/mol. The Morgan fingerprint density at radius 3 is 1.92 bits per heavy atom. The molecule has 1 aliphatic heterocycles. The molecule has 0 bridgehead atoms. The Hall–Kier alpha value is -1.50. The molecule has 0 spiro atoms. The number of rotatable bonds is 4. The van der Waals surface area contributed by atoms with Gasteiger partial charge in [0.05, 0.1) is 0 Å². The van der Waals surface area contributed by atoms with Crippen LogP contribution in [0.25, 0.3) is 12.2 Å². The minimum absolute atomic E-state index is 0.566. The molecule has 2 atom stereocenters. The van der Waals surface area contributed by atoms with Crippen molar-refractivity contribution in [3.8, 4) is 0 Å². The summed E-state index contributed by atoms with van der Waals surface area (Å²) >= 11 is -0.666. The van der Waals surface area contributed by atoms with Crippen LogP contribution in [0.15, 0.2) is 60.7 Å². The molecule has 0 nitrogen and oxygen atoms in total. The van der Waals surface area contributed by atoms with Crippen molar-refractivity contribution in [3.63, 3.8) is 0 Å². The van der Waals surface area contributed by atoms with E-state index in [1.54, 1.807) is 9.45 Å². The summed E-state index contributed by atoms with van der Waals surface area (Å²) < 4.78 is 5.91. The van der Waals surface area contributed by atoms with Crippen LogP contribution in [0.2, 0.25) is 9.45 Å². The summed E-state index contributed by atoms with van der Waals surface area (Å²) in [6, 6.07) is 17.9. The molecule has 1 saturated heterocycles. The van der Waals surface area contributed by atoms with E-state index in [4.69, 9.17) is 0 Å².